The lowest BCUT2D eigenvalue weighted by molar-refractivity contribution is 0.0744. The summed E-state index contributed by atoms with van der Waals surface area (Å²) in [5.74, 6) is 0.316. The van der Waals surface area contributed by atoms with Crippen molar-refractivity contribution in [2.75, 3.05) is 31.9 Å². The number of nitrogen functional groups attached to an aromatic ring is 1. The van der Waals surface area contributed by atoms with Crippen molar-refractivity contribution in [1.29, 1.82) is 0 Å². The lowest BCUT2D eigenvalue weighted by atomic mass is 10.1. The van der Waals surface area contributed by atoms with Gasteiger partial charge in [0.15, 0.2) is 0 Å². The number of anilines is 1. The summed E-state index contributed by atoms with van der Waals surface area (Å²) in [6.45, 7) is 3.89. The standard InChI is InChI=1S/C14H19BrN4O/c15-10-7-12(13(16)17-8-10)14(20)19-6-2-5-18-4-1-3-11(18)9-19/h7-8,11H,1-6,9H2,(H2,16,17). The number of nitrogens with zero attached hydrogens (tertiary/aromatic N) is 3. The van der Waals surface area contributed by atoms with E-state index in [1.165, 1.54) is 19.4 Å². The molecule has 20 heavy (non-hydrogen) atoms. The van der Waals surface area contributed by atoms with Crippen LogP contribution in [0.4, 0.5) is 5.82 Å². The normalized spacial score (nSPS) is 23.4. The second-order valence-electron chi connectivity index (χ2n) is 5.52. The maximum absolute atomic E-state index is 12.7. The number of carbonyl (C=O) groups excluding carboxylic acids is 1. The van der Waals surface area contributed by atoms with Gasteiger partial charge in [0.05, 0.1) is 5.56 Å². The van der Waals surface area contributed by atoms with Crippen LogP contribution in [-0.2, 0) is 0 Å². The average Bonchev–Trinajstić information content (AvgIpc) is 2.78. The number of halogens is 1. The number of amides is 1. The Morgan fingerprint density at radius 3 is 3.00 bits per heavy atom. The lowest BCUT2D eigenvalue weighted by Crippen LogP contribution is -2.39. The number of hydrogen-bond donors (Lipinski definition) is 1. The molecule has 1 amide bonds. The van der Waals surface area contributed by atoms with Gasteiger partial charge in [-0.15, -0.1) is 0 Å². The topological polar surface area (TPSA) is 62.5 Å². The zero-order valence-electron chi connectivity index (χ0n) is 11.4. The fourth-order valence-electron chi connectivity index (χ4n) is 3.18. The van der Waals surface area contributed by atoms with E-state index in [0.29, 0.717) is 17.4 Å². The van der Waals surface area contributed by atoms with E-state index in [2.05, 4.69) is 25.8 Å². The average molecular weight is 339 g/mol. The van der Waals surface area contributed by atoms with Gasteiger partial charge < -0.3 is 10.6 Å². The SMILES string of the molecule is Nc1ncc(Br)cc1C(=O)N1CCCN2CCCC2C1. The molecule has 6 heteroatoms. The first-order chi connectivity index (χ1) is 9.65. The van der Waals surface area contributed by atoms with E-state index in [1.807, 2.05) is 4.90 Å². The van der Waals surface area contributed by atoms with E-state index in [0.717, 1.165) is 30.5 Å². The predicted molar refractivity (Wildman–Crippen MR) is 81.5 cm³/mol. The minimum absolute atomic E-state index is 0.00468. The molecule has 2 saturated heterocycles. The van der Waals surface area contributed by atoms with Crippen LogP contribution in [0.1, 0.15) is 29.6 Å². The molecule has 108 valence electrons. The maximum atomic E-state index is 12.7. The van der Waals surface area contributed by atoms with E-state index in [4.69, 9.17) is 5.73 Å². The Kier molecular flexibility index (Phi) is 3.94. The molecule has 1 atom stereocenters. The minimum Gasteiger partial charge on any atom is -0.383 e. The lowest BCUT2D eigenvalue weighted by Gasteiger charge is -2.26. The van der Waals surface area contributed by atoms with Gasteiger partial charge in [-0.25, -0.2) is 4.98 Å². The maximum Gasteiger partial charge on any atom is 0.257 e. The fourth-order valence-corrected chi connectivity index (χ4v) is 3.51. The predicted octanol–water partition coefficient (Wildman–Crippen LogP) is 1.74. The van der Waals surface area contributed by atoms with Gasteiger partial charge in [-0.05, 0) is 47.8 Å². The molecule has 0 radical (unpaired) electrons. The highest BCUT2D eigenvalue weighted by Gasteiger charge is 2.31. The molecular formula is C14H19BrN4O. The minimum atomic E-state index is 0.00468. The summed E-state index contributed by atoms with van der Waals surface area (Å²) in [5, 5.41) is 0. The molecule has 0 spiro atoms. The van der Waals surface area contributed by atoms with Gasteiger partial charge in [-0.3, -0.25) is 9.69 Å². The zero-order valence-corrected chi connectivity index (χ0v) is 13.0. The van der Waals surface area contributed by atoms with Crippen LogP contribution >= 0.6 is 15.9 Å². The number of rotatable bonds is 1. The van der Waals surface area contributed by atoms with Gasteiger partial charge in [0, 0.05) is 36.3 Å². The Hall–Kier alpha value is -1.14. The number of nitrogens with two attached hydrogens (primary N) is 1. The van der Waals surface area contributed by atoms with Gasteiger partial charge in [-0.2, -0.15) is 0 Å². The summed E-state index contributed by atoms with van der Waals surface area (Å²) < 4.78 is 0.785. The summed E-state index contributed by atoms with van der Waals surface area (Å²) in [7, 11) is 0. The first-order valence-electron chi connectivity index (χ1n) is 7.09. The van der Waals surface area contributed by atoms with Crippen LogP contribution in [0.25, 0.3) is 0 Å². The molecule has 0 bridgehead atoms. The van der Waals surface area contributed by atoms with Crippen molar-refractivity contribution < 1.29 is 4.79 Å². The van der Waals surface area contributed by atoms with Crippen LogP contribution in [-0.4, -0.2) is 52.9 Å². The molecule has 2 aliphatic rings. The van der Waals surface area contributed by atoms with E-state index in [-0.39, 0.29) is 5.91 Å². The Balaban J connectivity index is 1.80. The van der Waals surface area contributed by atoms with Crippen LogP contribution < -0.4 is 5.73 Å². The summed E-state index contributed by atoms with van der Waals surface area (Å²) in [6, 6.07) is 2.28. The van der Waals surface area contributed by atoms with Crippen LogP contribution in [0.3, 0.4) is 0 Å². The molecule has 0 aliphatic carbocycles. The summed E-state index contributed by atoms with van der Waals surface area (Å²) >= 11 is 3.35. The molecule has 1 aromatic rings. The van der Waals surface area contributed by atoms with Gasteiger partial charge >= 0.3 is 0 Å². The second kappa shape index (κ2) is 5.69. The number of hydrogen-bond acceptors (Lipinski definition) is 4. The van der Waals surface area contributed by atoms with Crippen molar-refractivity contribution in [1.82, 2.24) is 14.8 Å². The molecule has 1 unspecified atom stereocenters. The largest absolute Gasteiger partial charge is 0.383 e. The highest BCUT2D eigenvalue weighted by Crippen LogP contribution is 2.24. The second-order valence-corrected chi connectivity index (χ2v) is 6.44. The number of fused-ring (bicyclic) bond motifs is 1. The molecule has 2 aliphatic heterocycles. The van der Waals surface area contributed by atoms with Crippen molar-refractivity contribution in [2.24, 2.45) is 0 Å². The molecule has 2 N–H and O–H groups in total. The van der Waals surface area contributed by atoms with E-state index >= 15 is 0 Å². The molecule has 2 fully saturated rings. The van der Waals surface area contributed by atoms with Crippen LogP contribution in [0.2, 0.25) is 0 Å². The first-order valence-corrected chi connectivity index (χ1v) is 7.89. The Labute approximate surface area is 127 Å². The molecule has 1 aromatic heterocycles. The molecule has 3 rings (SSSR count). The van der Waals surface area contributed by atoms with E-state index < -0.39 is 0 Å². The summed E-state index contributed by atoms with van der Waals surface area (Å²) in [6.07, 6.45) is 5.08. The van der Waals surface area contributed by atoms with Crippen LogP contribution in [0.15, 0.2) is 16.7 Å². The fraction of sp³-hybridized carbons (Fsp3) is 0.571. The van der Waals surface area contributed by atoms with Crippen molar-refractivity contribution in [3.05, 3.63) is 22.3 Å². The quantitative estimate of drug-likeness (QED) is 0.847. The first kappa shape index (κ1) is 13.8. The Morgan fingerprint density at radius 2 is 2.15 bits per heavy atom. The van der Waals surface area contributed by atoms with Crippen molar-refractivity contribution in [3.63, 3.8) is 0 Å². The molecule has 0 saturated carbocycles. The summed E-state index contributed by atoms with van der Waals surface area (Å²) in [5.41, 5.74) is 6.36. The van der Waals surface area contributed by atoms with E-state index in [9.17, 15) is 4.79 Å². The van der Waals surface area contributed by atoms with Gasteiger partial charge in [0.1, 0.15) is 5.82 Å². The molecule has 3 heterocycles. The third kappa shape index (κ3) is 2.67. The number of pyridine rings is 1. The van der Waals surface area contributed by atoms with Gasteiger partial charge in [0.25, 0.3) is 5.91 Å². The van der Waals surface area contributed by atoms with Crippen molar-refractivity contribution >= 4 is 27.7 Å². The molecule has 5 nitrogen and oxygen atoms in total. The number of carbonyl (C=O) groups is 1. The van der Waals surface area contributed by atoms with Crippen LogP contribution in [0.5, 0.6) is 0 Å². The smallest absolute Gasteiger partial charge is 0.257 e. The van der Waals surface area contributed by atoms with Crippen molar-refractivity contribution in [2.45, 2.75) is 25.3 Å². The third-order valence-corrected chi connectivity index (χ3v) is 4.64. The Bertz CT molecular complexity index is 522. The molecular weight excluding hydrogens is 320 g/mol. The highest BCUT2D eigenvalue weighted by atomic mass is 79.9. The van der Waals surface area contributed by atoms with Crippen molar-refractivity contribution in [3.8, 4) is 0 Å². The number of aromatic nitrogens is 1. The monoisotopic (exact) mass is 338 g/mol. The zero-order chi connectivity index (χ0) is 14.1. The third-order valence-electron chi connectivity index (χ3n) is 4.21. The summed E-state index contributed by atoms with van der Waals surface area (Å²) in [4.78, 5) is 21.2. The van der Waals surface area contributed by atoms with Crippen LogP contribution in [0, 0.1) is 0 Å². The highest BCUT2D eigenvalue weighted by molar-refractivity contribution is 9.10. The van der Waals surface area contributed by atoms with E-state index in [1.54, 1.807) is 12.3 Å². The van der Waals surface area contributed by atoms with Gasteiger partial charge in [-0.1, -0.05) is 0 Å². The van der Waals surface area contributed by atoms with Gasteiger partial charge in [0.2, 0.25) is 0 Å². The Morgan fingerprint density at radius 1 is 1.35 bits per heavy atom. The molecule has 0 aromatic carbocycles.